The molecule has 1 aromatic rings. The van der Waals surface area contributed by atoms with Crippen LogP contribution < -0.4 is 0 Å². The van der Waals surface area contributed by atoms with Gasteiger partial charge in [0, 0.05) is 4.91 Å². The summed E-state index contributed by atoms with van der Waals surface area (Å²) >= 11 is 0. The first-order chi connectivity index (χ1) is 8.16. The molecule has 0 aromatic heterocycles. The van der Waals surface area contributed by atoms with Gasteiger partial charge < -0.3 is 0 Å². The maximum absolute atomic E-state index is 12.5. The van der Waals surface area contributed by atoms with Crippen molar-refractivity contribution >= 4 is 9.84 Å². The third-order valence-electron chi connectivity index (χ3n) is 2.51. The highest BCUT2D eigenvalue weighted by atomic mass is 32.2. The van der Waals surface area contributed by atoms with Crippen LogP contribution in [0.25, 0.3) is 0 Å². The molecular weight excluding hydrogens is 265 g/mol. The second-order valence-corrected chi connectivity index (χ2v) is 6.02. The fourth-order valence-corrected chi connectivity index (χ4v) is 2.56. The standard InChI is InChI=1S/C12H13F3O2S/c1-3-9(2)18(16,17)8-10-5-4-6-11(7-10)12(13,14)15/h3-7H,8H2,1-2H3. The Kier molecular flexibility index (Phi) is 4.21. The molecule has 0 saturated heterocycles. The van der Waals surface area contributed by atoms with Gasteiger partial charge in [0.2, 0.25) is 0 Å². The van der Waals surface area contributed by atoms with E-state index in [0.29, 0.717) is 0 Å². The van der Waals surface area contributed by atoms with Crippen LogP contribution in [0.3, 0.4) is 0 Å². The summed E-state index contributed by atoms with van der Waals surface area (Å²) in [6.45, 7) is 2.99. The van der Waals surface area contributed by atoms with Crippen LogP contribution in [0.15, 0.2) is 35.2 Å². The van der Waals surface area contributed by atoms with Crippen LogP contribution in [0.4, 0.5) is 13.2 Å². The predicted octanol–water partition coefficient (Wildman–Crippen LogP) is 3.54. The SMILES string of the molecule is CC=C(C)S(=O)(=O)Cc1cccc(C(F)(F)F)c1. The summed E-state index contributed by atoms with van der Waals surface area (Å²) in [6, 6.07) is 4.35. The molecule has 1 rings (SSSR count). The molecule has 18 heavy (non-hydrogen) atoms. The average Bonchev–Trinajstić information content (AvgIpc) is 2.26. The largest absolute Gasteiger partial charge is 0.416 e. The molecule has 6 heteroatoms. The summed E-state index contributed by atoms with van der Waals surface area (Å²) in [4.78, 5) is 0.153. The third-order valence-corrected chi connectivity index (χ3v) is 4.44. The number of rotatable bonds is 3. The molecule has 0 atom stereocenters. The van der Waals surface area contributed by atoms with Gasteiger partial charge in [-0.1, -0.05) is 24.3 Å². The van der Waals surface area contributed by atoms with E-state index in [1.165, 1.54) is 25.1 Å². The Hall–Kier alpha value is -1.30. The lowest BCUT2D eigenvalue weighted by molar-refractivity contribution is -0.137. The molecule has 0 fully saturated rings. The Morgan fingerprint density at radius 1 is 1.33 bits per heavy atom. The lowest BCUT2D eigenvalue weighted by atomic mass is 10.1. The van der Waals surface area contributed by atoms with E-state index >= 15 is 0 Å². The van der Waals surface area contributed by atoms with Crippen molar-refractivity contribution in [3.8, 4) is 0 Å². The van der Waals surface area contributed by atoms with Gasteiger partial charge >= 0.3 is 6.18 Å². The highest BCUT2D eigenvalue weighted by Gasteiger charge is 2.30. The zero-order chi connectivity index (χ0) is 14.0. The second-order valence-electron chi connectivity index (χ2n) is 3.86. The topological polar surface area (TPSA) is 34.1 Å². The fourth-order valence-electron chi connectivity index (χ4n) is 1.35. The van der Waals surface area contributed by atoms with Gasteiger partial charge in [-0.15, -0.1) is 0 Å². The average molecular weight is 278 g/mol. The zero-order valence-corrected chi connectivity index (χ0v) is 10.8. The maximum atomic E-state index is 12.5. The maximum Gasteiger partial charge on any atom is 0.416 e. The van der Waals surface area contributed by atoms with E-state index in [0.717, 1.165) is 12.1 Å². The molecule has 2 nitrogen and oxygen atoms in total. The van der Waals surface area contributed by atoms with Crippen molar-refractivity contribution in [1.82, 2.24) is 0 Å². The van der Waals surface area contributed by atoms with E-state index in [2.05, 4.69) is 0 Å². The predicted molar refractivity (Wildman–Crippen MR) is 63.5 cm³/mol. The van der Waals surface area contributed by atoms with Crippen molar-refractivity contribution in [2.75, 3.05) is 0 Å². The van der Waals surface area contributed by atoms with Gasteiger partial charge in [-0.25, -0.2) is 8.42 Å². The molecule has 0 aliphatic carbocycles. The number of alkyl halides is 3. The number of hydrogen-bond donors (Lipinski definition) is 0. The normalized spacial score (nSPS) is 13.7. The van der Waals surface area contributed by atoms with Gasteiger partial charge in [0.15, 0.2) is 9.84 Å². The van der Waals surface area contributed by atoms with Crippen LogP contribution in [-0.2, 0) is 21.8 Å². The number of allylic oxidation sites excluding steroid dienone is 2. The summed E-state index contributed by atoms with van der Waals surface area (Å²) < 4.78 is 60.9. The number of halogens is 3. The summed E-state index contributed by atoms with van der Waals surface area (Å²) in [5.41, 5.74) is -0.709. The smallest absolute Gasteiger partial charge is 0.224 e. The molecule has 100 valence electrons. The van der Waals surface area contributed by atoms with Crippen molar-refractivity contribution < 1.29 is 21.6 Å². The van der Waals surface area contributed by atoms with Crippen molar-refractivity contribution in [3.05, 3.63) is 46.4 Å². The number of benzene rings is 1. The van der Waals surface area contributed by atoms with E-state index in [1.807, 2.05) is 0 Å². The molecule has 0 heterocycles. The lowest BCUT2D eigenvalue weighted by Gasteiger charge is -2.09. The minimum Gasteiger partial charge on any atom is -0.224 e. The van der Waals surface area contributed by atoms with Gasteiger partial charge in [0.1, 0.15) is 0 Å². The Bertz CT molecular complexity index is 557. The Balaban J connectivity index is 3.08. The van der Waals surface area contributed by atoms with Crippen LogP contribution >= 0.6 is 0 Å². The van der Waals surface area contributed by atoms with Crippen LogP contribution in [0.2, 0.25) is 0 Å². The van der Waals surface area contributed by atoms with Crippen molar-refractivity contribution in [3.63, 3.8) is 0 Å². The first-order valence-corrected chi connectivity index (χ1v) is 6.84. The molecule has 1 aromatic carbocycles. The molecule has 0 unspecified atom stereocenters. The number of sulfone groups is 1. The monoisotopic (exact) mass is 278 g/mol. The number of hydrogen-bond acceptors (Lipinski definition) is 2. The molecular formula is C12H13F3O2S. The first-order valence-electron chi connectivity index (χ1n) is 5.18. The van der Waals surface area contributed by atoms with Gasteiger partial charge in [-0.3, -0.25) is 0 Å². The Labute approximate surface area is 104 Å². The van der Waals surface area contributed by atoms with Gasteiger partial charge in [-0.05, 0) is 25.5 Å². The van der Waals surface area contributed by atoms with Gasteiger partial charge in [0.25, 0.3) is 0 Å². The van der Waals surface area contributed by atoms with E-state index in [1.54, 1.807) is 6.92 Å². The molecule has 0 N–H and O–H groups in total. The Morgan fingerprint density at radius 3 is 2.44 bits per heavy atom. The van der Waals surface area contributed by atoms with Gasteiger partial charge in [0.05, 0.1) is 11.3 Å². The molecule has 0 saturated carbocycles. The lowest BCUT2D eigenvalue weighted by Crippen LogP contribution is -2.08. The third kappa shape index (κ3) is 3.60. The van der Waals surface area contributed by atoms with E-state index in [4.69, 9.17) is 0 Å². The van der Waals surface area contributed by atoms with Crippen LogP contribution in [0, 0.1) is 0 Å². The first kappa shape index (κ1) is 14.8. The molecule has 0 aliphatic heterocycles. The van der Waals surface area contributed by atoms with E-state index in [9.17, 15) is 21.6 Å². The van der Waals surface area contributed by atoms with Crippen molar-refractivity contribution in [2.24, 2.45) is 0 Å². The minimum atomic E-state index is -4.46. The van der Waals surface area contributed by atoms with Crippen molar-refractivity contribution in [2.45, 2.75) is 25.8 Å². The summed E-state index contributed by atoms with van der Waals surface area (Å²) in [5.74, 6) is -0.424. The minimum absolute atomic E-state index is 0.131. The zero-order valence-electron chi connectivity index (χ0n) is 9.95. The summed E-state index contributed by atoms with van der Waals surface area (Å²) in [5, 5.41) is 0. The molecule has 0 aliphatic rings. The van der Waals surface area contributed by atoms with Crippen LogP contribution in [0.1, 0.15) is 25.0 Å². The summed E-state index contributed by atoms with van der Waals surface area (Å²) in [7, 11) is -3.53. The second kappa shape index (κ2) is 5.14. The molecule has 0 radical (unpaired) electrons. The fraction of sp³-hybridized carbons (Fsp3) is 0.333. The van der Waals surface area contributed by atoms with Crippen LogP contribution in [0.5, 0.6) is 0 Å². The molecule has 0 bridgehead atoms. The highest BCUT2D eigenvalue weighted by molar-refractivity contribution is 7.94. The van der Waals surface area contributed by atoms with Gasteiger partial charge in [-0.2, -0.15) is 13.2 Å². The summed E-state index contributed by atoms with van der Waals surface area (Å²) in [6.07, 6.45) is -3.04. The molecule has 0 amide bonds. The molecule has 0 spiro atoms. The van der Waals surface area contributed by atoms with E-state index < -0.39 is 27.3 Å². The quantitative estimate of drug-likeness (QED) is 0.847. The van der Waals surface area contributed by atoms with E-state index in [-0.39, 0.29) is 10.5 Å². The Morgan fingerprint density at radius 2 is 1.94 bits per heavy atom. The van der Waals surface area contributed by atoms with Crippen LogP contribution in [-0.4, -0.2) is 8.42 Å². The van der Waals surface area contributed by atoms with Crippen molar-refractivity contribution in [1.29, 1.82) is 0 Å². The highest BCUT2D eigenvalue weighted by Crippen LogP contribution is 2.30.